The molecule has 0 atom stereocenters. The van der Waals surface area contributed by atoms with Crippen molar-refractivity contribution in [3.63, 3.8) is 0 Å². The Bertz CT molecular complexity index is 686. The maximum Gasteiger partial charge on any atom is 0.273 e. The second kappa shape index (κ2) is 6.80. The molecule has 1 saturated heterocycles. The minimum atomic E-state index is -0.0422. The number of hydrogen-bond acceptors (Lipinski definition) is 5. The van der Waals surface area contributed by atoms with Crippen LogP contribution < -0.4 is 0 Å². The Morgan fingerprint density at radius 3 is 2.43 bits per heavy atom. The van der Waals surface area contributed by atoms with Crippen LogP contribution in [0, 0.1) is 5.92 Å². The predicted molar refractivity (Wildman–Crippen MR) is 92.7 cm³/mol. The molecule has 23 heavy (non-hydrogen) atoms. The number of rotatable bonds is 3. The molecule has 0 spiro atoms. The van der Waals surface area contributed by atoms with E-state index in [0.29, 0.717) is 31.9 Å². The number of piperazine rings is 1. The van der Waals surface area contributed by atoms with E-state index in [9.17, 15) is 9.59 Å². The van der Waals surface area contributed by atoms with Crippen LogP contribution in [0.5, 0.6) is 0 Å². The van der Waals surface area contributed by atoms with Crippen molar-refractivity contribution in [2.45, 2.75) is 13.8 Å². The van der Waals surface area contributed by atoms with Gasteiger partial charge in [-0.15, -0.1) is 11.3 Å². The van der Waals surface area contributed by atoms with Crippen molar-refractivity contribution in [2.75, 3.05) is 26.2 Å². The first-order valence-corrected chi connectivity index (χ1v) is 9.44. The quantitative estimate of drug-likeness (QED) is 0.856. The third-order valence-corrected chi connectivity index (χ3v) is 5.44. The van der Waals surface area contributed by atoms with Crippen LogP contribution in [0.15, 0.2) is 22.2 Å². The van der Waals surface area contributed by atoms with Crippen LogP contribution in [-0.4, -0.2) is 52.8 Å². The van der Waals surface area contributed by atoms with Crippen molar-refractivity contribution in [3.8, 4) is 10.6 Å². The molecule has 1 aliphatic rings. The summed E-state index contributed by atoms with van der Waals surface area (Å²) in [4.78, 5) is 32.6. The van der Waals surface area contributed by atoms with Crippen molar-refractivity contribution in [3.05, 3.63) is 27.9 Å². The average molecular weight is 349 g/mol. The van der Waals surface area contributed by atoms with E-state index < -0.39 is 0 Å². The molecule has 0 aliphatic carbocycles. The first kappa shape index (κ1) is 16.1. The van der Waals surface area contributed by atoms with Crippen molar-refractivity contribution < 1.29 is 9.59 Å². The molecule has 3 rings (SSSR count). The lowest BCUT2D eigenvalue weighted by molar-refractivity contribution is -0.135. The van der Waals surface area contributed by atoms with Gasteiger partial charge in [-0.25, -0.2) is 4.98 Å². The Morgan fingerprint density at radius 2 is 1.83 bits per heavy atom. The monoisotopic (exact) mass is 349 g/mol. The molecule has 3 heterocycles. The fourth-order valence-corrected chi connectivity index (χ4v) is 4.05. The number of carbonyl (C=O) groups is 2. The molecule has 2 aromatic heterocycles. The van der Waals surface area contributed by atoms with E-state index in [1.807, 2.05) is 41.0 Å². The Kier molecular flexibility index (Phi) is 4.77. The summed E-state index contributed by atoms with van der Waals surface area (Å²) in [5.41, 5.74) is 1.56. The van der Waals surface area contributed by atoms with Crippen LogP contribution in [0.25, 0.3) is 10.6 Å². The molecule has 122 valence electrons. The maximum atomic E-state index is 12.6. The minimum absolute atomic E-state index is 0.00367. The van der Waals surface area contributed by atoms with Crippen molar-refractivity contribution >= 4 is 34.5 Å². The maximum absolute atomic E-state index is 12.6. The smallest absolute Gasteiger partial charge is 0.273 e. The summed E-state index contributed by atoms with van der Waals surface area (Å²) in [5, 5.41) is 6.73. The zero-order valence-electron chi connectivity index (χ0n) is 13.2. The zero-order valence-corrected chi connectivity index (χ0v) is 14.8. The molecule has 0 unspecified atom stereocenters. The van der Waals surface area contributed by atoms with Gasteiger partial charge in [0.1, 0.15) is 10.7 Å². The number of thiazole rings is 1. The Morgan fingerprint density at radius 1 is 1.13 bits per heavy atom. The lowest BCUT2D eigenvalue weighted by Gasteiger charge is -2.35. The molecule has 0 aromatic carbocycles. The van der Waals surface area contributed by atoms with Crippen LogP contribution in [-0.2, 0) is 4.79 Å². The number of nitrogens with zero attached hydrogens (tertiary/aromatic N) is 3. The molecule has 0 radical (unpaired) electrons. The summed E-state index contributed by atoms with van der Waals surface area (Å²) >= 11 is 3.11. The number of aromatic nitrogens is 1. The molecule has 0 bridgehead atoms. The molecule has 1 aliphatic heterocycles. The predicted octanol–water partition coefficient (Wildman–Crippen LogP) is 2.81. The lowest BCUT2D eigenvalue weighted by atomic mass is 10.1. The van der Waals surface area contributed by atoms with E-state index in [1.165, 1.54) is 11.3 Å². The normalized spacial score (nSPS) is 15.3. The number of thiophene rings is 1. The van der Waals surface area contributed by atoms with E-state index >= 15 is 0 Å². The summed E-state index contributed by atoms with van der Waals surface area (Å²) in [6.45, 7) is 6.15. The van der Waals surface area contributed by atoms with Crippen molar-refractivity contribution in [1.29, 1.82) is 0 Å². The molecule has 7 heteroatoms. The van der Waals surface area contributed by atoms with Gasteiger partial charge in [0.15, 0.2) is 0 Å². The van der Waals surface area contributed by atoms with Gasteiger partial charge in [0.25, 0.3) is 5.91 Å². The van der Waals surface area contributed by atoms with Gasteiger partial charge < -0.3 is 9.80 Å². The Hall–Kier alpha value is -1.73. The molecule has 2 aromatic rings. The first-order valence-electron chi connectivity index (χ1n) is 7.62. The van der Waals surface area contributed by atoms with Gasteiger partial charge in [-0.3, -0.25) is 9.59 Å². The second-order valence-corrected chi connectivity index (χ2v) is 7.46. The highest BCUT2D eigenvalue weighted by molar-refractivity contribution is 7.14. The van der Waals surface area contributed by atoms with Gasteiger partial charge >= 0.3 is 0 Å². The van der Waals surface area contributed by atoms with Crippen molar-refractivity contribution in [2.24, 2.45) is 5.92 Å². The molecule has 1 fully saturated rings. The summed E-state index contributed by atoms with van der Waals surface area (Å²) in [6.07, 6.45) is 0. The Balaban J connectivity index is 1.63. The highest BCUT2D eigenvalue weighted by Gasteiger charge is 2.27. The topological polar surface area (TPSA) is 53.5 Å². The van der Waals surface area contributed by atoms with Crippen LogP contribution in [0.2, 0.25) is 0 Å². The van der Waals surface area contributed by atoms with E-state index in [4.69, 9.17) is 0 Å². The first-order chi connectivity index (χ1) is 11.1. The fraction of sp³-hybridized carbons (Fsp3) is 0.438. The van der Waals surface area contributed by atoms with E-state index in [1.54, 1.807) is 16.2 Å². The second-order valence-electron chi connectivity index (χ2n) is 5.82. The van der Waals surface area contributed by atoms with Crippen LogP contribution in [0.4, 0.5) is 0 Å². The molecule has 0 N–H and O–H groups in total. The summed E-state index contributed by atoms with van der Waals surface area (Å²) < 4.78 is 0. The lowest BCUT2D eigenvalue weighted by Crippen LogP contribution is -2.51. The van der Waals surface area contributed by atoms with Gasteiger partial charge in [0, 0.05) is 48.4 Å². The molecular weight excluding hydrogens is 330 g/mol. The summed E-state index contributed by atoms with van der Waals surface area (Å²) in [7, 11) is 0. The number of amides is 2. The van der Waals surface area contributed by atoms with Gasteiger partial charge in [-0.1, -0.05) is 13.8 Å². The summed E-state index contributed by atoms with van der Waals surface area (Å²) in [5.74, 6) is 0.119. The molecule has 2 amide bonds. The van der Waals surface area contributed by atoms with Crippen LogP contribution >= 0.6 is 22.7 Å². The SMILES string of the molecule is CC(C)C(=O)N1CCN(C(=O)c2csc(-c3ccsc3)n2)CC1. The third kappa shape index (κ3) is 3.45. The number of hydrogen-bond donors (Lipinski definition) is 0. The minimum Gasteiger partial charge on any atom is -0.339 e. The molecular formula is C16H19N3O2S2. The third-order valence-electron chi connectivity index (χ3n) is 3.86. The van der Waals surface area contributed by atoms with Gasteiger partial charge in [-0.05, 0) is 11.4 Å². The number of carbonyl (C=O) groups excluding carboxylic acids is 2. The highest BCUT2D eigenvalue weighted by Crippen LogP contribution is 2.26. The van der Waals surface area contributed by atoms with E-state index in [-0.39, 0.29) is 17.7 Å². The van der Waals surface area contributed by atoms with Gasteiger partial charge in [0.2, 0.25) is 5.91 Å². The summed E-state index contributed by atoms with van der Waals surface area (Å²) in [6, 6.07) is 2.01. The standard InChI is InChI=1S/C16H19N3O2S2/c1-11(2)15(20)18-4-6-19(7-5-18)16(21)13-10-23-14(17-13)12-3-8-22-9-12/h3,8-11H,4-7H2,1-2H3. The van der Waals surface area contributed by atoms with E-state index in [0.717, 1.165) is 10.6 Å². The van der Waals surface area contributed by atoms with Crippen molar-refractivity contribution in [1.82, 2.24) is 14.8 Å². The molecule has 0 saturated carbocycles. The molecule has 5 nitrogen and oxygen atoms in total. The van der Waals surface area contributed by atoms with Gasteiger partial charge in [0.05, 0.1) is 0 Å². The Labute approximate surface area is 143 Å². The fourth-order valence-electron chi connectivity index (χ4n) is 2.55. The average Bonchev–Trinajstić information content (AvgIpc) is 3.24. The largest absolute Gasteiger partial charge is 0.339 e. The van der Waals surface area contributed by atoms with Gasteiger partial charge in [-0.2, -0.15) is 11.3 Å². The van der Waals surface area contributed by atoms with E-state index in [2.05, 4.69) is 4.98 Å². The zero-order chi connectivity index (χ0) is 16.4. The van der Waals surface area contributed by atoms with Crippen LogP contribution in [0.1, 0.15) is 24.3 Å². The van der Waals surface area contributed by atoms with Crippen LogP contribution in [0.3, 0.4) is 0 Å². The highest BCUT2D eigenvalue weighted by atomic mass is 32.1.